The Morgan fingerprint density at radius 3 is 2.78 bits per heavy atom. The Bertz CT molecular complexity index is 1100. The van der Waals surface area contributed by atoms with Crippen LogP contribution >= 0.6 is 11.3 Å². The standard InChI is InChI=1S/C18H13F3N4OS/c1-10-9-25-15(11(2)23-17(25)27-10)6-12(8-22)16(26)24-14-5-3-4-13(7-14)18(19,20)21/h3-7,9H,1-2H3,(H,24,26)/b12-6+. The van der Waals surface area contributed by atoms with Crippen molar-refractivity contribution in [2.24, 2.45) is 0 Å². The Balaban J connectivity index is 1.92. The predicted octanol–water partition coefficient (Wildman–Crippen LogP) is 4.58. The van der Waals surface area contributed by atoms with Crippen LogP contribution in [0.1, 0.15) is 21.8 Å². The van der Waals surface area contributed by atoms with Gasteiger partial charge >= 0.3 is 6.18 Å². The molecule has 0 radical (unpaired) electrons. The average Bonchev–Trinajstić information content (AvgIpc) is 3.07. The molecule has 2 heterocycles. The summed E-state index contributed by atoms with van der Waals surface area (Å²) < 4.78 is 40.1. The normalized spacial score (nSPS) is 12.2. The molecule has 0 aliphatic heterocycles. The van der Waals surface area contributed by atoms with Gasteiger partial charge in [-0.15, -0.1) is 11.3 Å². The Morgan fingerprint density at radius 1 is 1.37 bits per heavy atom. The smallest absolute Gasteiger partial charge is 0.321 e. The molecule has 5 nitrogen and oxygen atoms in total. The second-order valence-corrected chi connectivity index (χ2v) is 6.99. The van der Waals surface area contributed by atoms with E-state index in [2.05, 4.69) is 10.3 Å². The number of nitriles is 1. The fourth-order valence-corrected chi connectivity index (χ4v) is 3.39. The largest absolute Gasteiger partial charge is 0.416 e. The lowest BCUT2D eigenvalue weighted by Crippen LogP contribution is -2.14. The number of halogens is 3. The molecule has 0 aliphatic rings. The second kappa shape index (κ2) is 6.89. The summed E-state index contributed by atoms with van der Waals surface area (Å²) in [5, 5.41) is 11.7. The average molecular weight is 390 g/mol. The second-order valence-electron chi connectivity index (χ2n) is 5.78. The van der Waals surface area contributed by atoms with Gasteiger partial charge in [0.05, 0.1) is 17.0 Å². The summed E-state index contributed by atoms with van der Waals surface area (Å²) in [6.07, 6.45) is -1.30. The number of aryl methyl sites for hydroxylation is 2. The minimum atomic E-state index is -4.52. The number of anilines is 1. The molecule has 0 saturated heterocycles. The van der Waals surface area contributed by atoms with E-state index in [0.29, 0.717) is 11.4 Å². The van der Waals surface area contributed by atoms with Crippen molar-refractivity contribution in [1.82, 2.24) is 9.38 Å². The van der Waals surface area contributed by atoms with Gasteiger partial charge < -0.3 is 5.32 Å². The van der Waals surface area contributed by atoms with Crippen LogP contribution in [0.15, 0.2) is 36.0 Å². The molecule has 27 heavy (non-hydrogen) atoms. The molecule has 3 rings (SSSR count). The summed E-state index contributed by atoms with van der Waals surface area (Å²) in [6.45, 7) is 3.66. The molecule has 2 aromatic heterocycles. The summed E-state index contributed by atoms with van der Waals surface area (Å²) >= 11 is 1.47. The van der Waals surface area contributed by atoms with Gasteiger partial charge in [0.25, 0.3) is 5.91 Å². The molecule has 138 valence electrons. The molecule has 3 aromatic rings. The molecule has 0 bridgehead atoms. The van der Waals surface area contributed by atoms with Gasteiger partial charge in [-0.1, -0.05) is 6.07 Å². The minimum Gasteiger partial charge on any atom is -0.321 e. The molecular weight excluding hydrogens is 377 g/mol. The molecule has 9 heteroatoms. The van der Waals surface area contributed by atoms with Gasteiger partial charge in [0.1, 0.15) is 11.6 Å². The highest BCUT2D eigenvalue weighted by Crippen LogP contribution is 2.30. The van der Waals surface area contributed by atoms with E-state index in [4.69, 9.17) is 0 Å². The van der Waals surface area contributed by atoms with Crippen molar-refractivity contribution in [2.45, 2.75) is 20.0 Å². The number of benzene rings is 1. The number of hydrogen-bond donors (Lipinski definition) is 1. The fraction of sp³-hybridized carbons (Fsp3) is 0.167. The number of fused-ring (bicyclic) bond motifs is 1. The van der Waals surface area contributed by atoms with Gasteiger partial charge in [-0.05, 0) is 38.1 Å². The number of carbonyl (C=O) groups is 1. The van der Waals surface area contributed by atoms with Crippen molar-refractivity contribution in [3.05, 3.63) is 57.9 Å². The zero-order valence-electron chi connectivity index (χ0n) is 14.3. The molecule has 0 aliphatic carbocycles. The van der Waals surface area contributed by atoms with Gasteiger partial charge in [0.2, 0.25) is 0 Å². The number of amides is 1. The van der Waals surface area contributed by atoms with Crippen molar-refractivity contribution in [3.8, 4) is 6.07 Å². The van der Waals surface area contributed by atoms with Crippen molar-refractivity contribution >= 4 is 34.0 Å². The Kier molecular flexibility index (Phi) is 4.76. The third-order valence-corrected chi connectivity index (χ3v) is 4.65. The first kappa shape index (κ1) is 18.7. The predicted molar refractivity (Wildman–Crippen MR) is 96.2 cm³/mol. The number of imidazole rings is 1. The van der Waals surface area contributed by atoms with Gasteiger partial charge in [-0.3, -0.25) is 9.20 Å². The molecule has 1 amide bonds. The Labute approximate surface area is 156 Å². The van der Waals surface area contributed by atoms with Crippen LogP contribution < -0.4 is 5.32 Å². The maximum atomic E-state index is 12.8. The SMILES string of the molecule is Cc1cn2c(/C=C(\C#N)C(=O)Nc3cccc(C(F)(F)F)c3)c(C)nc2s1. The third-order valence-electron chi connectivity index (χ3n) is 3.76. The van der Waals surface area contributed by atoms with Gasteiger partial charge in [0, 0.05) is 16.8 Å². The van der Waals surface area contributed by atoms with Crippen LogP contribution in [-0.4, -0.2) is 15.3 Å². The molecule has 0 saturated carbocycles. The van der Waals surface area contributed by atoms with Crippen LogP contribution in [0.2, 0.25) is 0 Å². The lowest BCUT2D eigenvalue weighted by Gasteiger charge is -2.09. The van der Waals surface area contributed by atoms with E-state index < -0.39 is 17.6 Å². The number of carbonyl (C=O) groups excluding carboxylic acids is 1. The van der Waals surface area contributed by atoms with E-state index in [-0.39, 0.29) is 11.3 Å². The van der Waals surface area contributed by atoms with Crippen LogP contribution in [0.25, 0.3) is 11.0 Å². The van der Waals surface area contributed by atoms with Crippen LogP contribution in [0.5, 0.6) is 0 Å². The van der Waals surface area contributed by atoms with Crippen LogP contribution in [0.3, 0.4) is 0 Å². The zero-order valence-corrected chi connectivity index (χ0v) is 15.1. The van der Waals surface area contributed by atoms with E-state index >= 15 is 0 Å². The lowest BCUT2D eigenvalue weighted by atomic mass is 10.1. The highest BCUT2D eigenvalue weighted by Gasteiger charge is 2.30. The van der Waals surface area contributed by atoms with Crippen molar-refractivity contribution < 1.29 is 18.0 Å². The van der Waals surface area contributed by atoms with E-state index in [9.17, 15) is 23.2 Å². The third kappa shape index (κ3) is 3.85. The molecular formula is C18H13F3N4OS. The molecule has 1 aromatic carbocycles. The van der Waals surface area contributed by atoms with Gasteiger partial charge in [-0.25, -0.2) is 4.98 Å². The maximum absolute atomic E-state index is 12.8. The first-order chi connectivity index (χ1) is 12.7. The van der Waals surface area contributed by atoms with E-state index in [0.717, 1.165) is 22.0 Å². The number of alkyl halides is 3. The summed E-state index contributed by atoms with van der Waals surface area (Å²) in [6, 6.07) is 6.03. The van der Waals surface area contributed by atoms with Crippen LogP contribution in [-0.2, 0) is 11.0 Å². The zero-order chi connectivity index (χ0) is 19.8. The maximum Gasteiger partial charge on any atom is 0.416 e. The number of rotatable bonds is 3. The van der Waals surface area contributed by atoms with E-state index in [1.54, 1.807) is 17.4 Å². The van der Waals surface area contributed by atoms with Gasteiger partial charge in [0.15, 0.2) is 4.96 Å². The fourth-order valence-electron chi connectivity index (χ4n) is 2.51. The highest BCUT2D eigenvalue weighted by atomic mass is 32.1. The van der Waals surface area contributed by atoms with E-state index in [1.807, 2.05) is 13.1 Å². The molecule has 0 spiro atoms. The highest BCUT2D eigenvalue weighted by molar-refractivity contribution is 7.17. The van der Waals surface area contributed by atoms with Gasteiger partial charge in [-0.2, -0.15) is 18.4 Å². The Morgan fingerprint density at radius 2 is 2.11 bits per heavy atom. The summed E-state index contributed by atoms with van der Waals surface area (Å²) in [5.74, 6) is -0.793. The number of nitrogens with one attached hydrogen (secondary N) is 1. The summed E-state index contributed by atoms with van der Waals surface area (Å²) in [4.78, 5) is 18.5. The number of aromatic nitrogens is 2. The van der Waals surface area contributed by atoms with E-state index in [1.165, 1.54) is 29.5 Å². The van der Waals surface area contributed by atoms with Crippen molar-refractivity contribution in [1.29, 1.82) is 5.26 Å². The first-order valence-electron chi connectivity index (χ1n) is 7.74. The van der Waals surface area contributed by atoms with Crippen LogP contribution in [0.4, 0.5) is 18.9 Å². The summed E-state index contributed by atoms with van der Waals surface area (Å²) in [7, 11) is 0. The quantitative estimate of drug-likeness (QED) is 0.526. The molecule has 0 unspecified atom stereocenters. The number of thiazole rings is 1. The topological polar surface area (TPSA) is 70.2 Å². The minimum absolute atomic E-state index is 0.0440. The molecule has 0 fully saturated rings. The lowest BCUT2D eigenvalue weighted by molar-refractivity contribution is -0.137. The van der Waals surface area contributed by atoms with Crippen molar-refractivity contribution in [3.63, 3.8) is 0 Å². The molecule has 0 atom stereocenters. The molecule has 1 N–H and O–H groups in total. The number of hydrogen-bond acceptors (Lipinski definition) is 4. The first-order valence-corrected chi connectivity index (χ1v) is 8.56. The van der Waals surface area contributed by atoms with Crippen LogP contribution in [0, 0.1) is 25.2 Å². The monoisotopic (exact) mass is 390 g/mol. The van der Waals surface area contributed by atoms with Crippen molar-refractivity contribution in [2.75, 3.05) is 5.32 Å². The number of nitrogens with zero attached hydrogens (tertiary/aromatic N) is 3. The Hall–Kier alpha value is -3.12. The summed E-state index contributed by atoms with van der Waals surface area (Å²) in [5.41, 5.74) is 0.0505.